The Labute approximate surface area is 464 Å². The van der Waals surface area contributed by atoms with Gasteiger partial charge in [-0.15, -0.1) is 0 Å². The van der Waals surface area contributed by atoms with Gasteiger partial charge in [0.15, 0.2) is 6.10 Å². The highest BCUT2D eigenvalue weighted by Crippen LogP contribution is 2.43. The summed E-state index contributed by atoms with van der Waals surface area (Å²) in [4.78, 5) is 48.6. The number of aliphatic hydroxyl groups excluding tert-OH is 1. The van der Waals surface area contributed by atoms with Crippen LogP contribution in [-0.2, 0) is 42.2 Å². The zero-order valence-electron chi connectivity index (χ0n) is 48.5. The van der Waals surface area contributed by atoms with Crippen LogP contribution in [-0.4, -0.2) is 66.5 Å². The smallest absolute Gasteiger partial charge is 0.462 e. The highest BCUT2D eigenvalue weighted by molar-refractivity contribution is 7.47. The fraction of sp³-hybridized carbons (Fsp3) is 0.734. The van der Waals surface area contributed by atoms with Gasteiger partial charge in [0.2, 0.25) is 0 Å². The molecule has 3 atom stereocenters. The van der Waals surface area contributed by atoms with Crippen LogP contribution in [0.4, 0.5) is 0 Å². The Morgan fingerprint density at radius 2 is 0.684 bits per heavy atom. The number of ether oxygens (including phenoxy) is 3. The Morgan fingerprint density at radius 3 is 1.08 bits per heavy atom. The van der Waals surface area contributed by atoms with Crippen LogP contribution < -0.4 is 0 Å². The maximum absolute atomic E-state index is 12.9. The van der Waals surface area contributed by atoms with E-state index in [9.17, 15) is 28.9 Å². The van der Waals surface area contributed by atoms with Gasteiger partial charge in [-0.2, -0.15) is 0 Å². The molecule has 2 N–H and O–H groups in total. The second-order valence-electron chi connectivity index (χ2n) is 20.1. The van der Waals surface area contributed by atoms with Crippen molar-refractivity contribution in [2.45, 2.75) is 277 Å². The van der Waals surface area contributed by atoms with E-state index in [4.69, 9.17) is 23.3 Å². The van der Waals surface area contributed by atoms with Crippen LogP contribution in [0.15, 0.2) is 85.1 Å². The molecule has 3 unspecified atom stereocenters. The predicted octanol–water partition coefficient (Wildman–Crippen LogP) is 18.3. The molecular weight excluding hydrogens is 976 g/mol. The van der Waals surface area contributed by atoms with Gasteiger partial charge in [-0.05, 0) is 96.3 Å². The lowest BCUT2D eigenvalue weighted by Crippen LogP contribution is -2.30. The van der Waals surface area contributed by atoms with Gasteiger partial charge in [0.25, 0.3) is 0 Å². The van der Waals surface area contributed by atoms with Crippen molar-refractivity contribution >= 4 is 25.7 Å². The molecular formula is C64H111O11P. The molecule has 0 heterocycles. The summed E-state index contributed by atoms with van der Waals surface area (Å²) in [6.45, 7) is 4.48. The molecule has 438 valence electrons. The molecule has 0 fully saturated rings. The first-order chi connectivity index (χ1) is 37.2. The third-order valence-corrected chi connectivity index (χ3v) is 13.8. The Bertz CT molecular complexity index is 1600. The summed E-state index contributed by atoms with van der Waals surface area (Å²) in [5.74, 6) is -1.50. The van der Waals surface area contributed by atoms with Crippen molar-refractivity contribution in [1.29, 1.82) is 0 Å². The first-order valence-corrected chi connectivity index (χ1v) is 32.0. The lowest BCUT2D eigenvalue weighted by atomic mass is 10.0. The fourth-order valence-electron chi connectivity index (χ4n) is 8.18. The number of hydrogen-bond donors (Lipinski definition) is 2. The number of esters is 3. The molecule has 76 heavy (non-hydrogen) atoms. The van der Waals surface area contributed by atoms with Crippen LogP contribution in [0.1, 0.15) is 265 Å². The topological polar surface area (TPSA) is 155 Å². The van der Waals surface area contributed by atoms with Crippen molar-refractivity contribution in [1.82, 2.24) is 0 Å². The van der Waals surface area contributed by atoms with Crippen LogP contribution in [0.3, 0.4) is 0 Å². The summed E-state index contributed by atoms with van der Waals surface area (Å²) < 4.78 is 39.6. The summed E-state index contributed by atoms with van der Waals surface area (Å²) in [6.07, 6.45) is 66.7. The number of hydrogen-bond acceptors (Lipinski definition) is 10. The Balaban J connectivity index is 4.74. The van der Waals surface area contributed by atoms with Gasteiger partial charge in [-0.1, -0.05) is 234 Å². The fourth-order valence-corrected chi connectivity index (χ4v) is 8.96. The number of phosphoric ester groups is 1. The van der Waals surface area contributed by atoms with Crippen molar-refractivity contribution in [3.8, 4) is 0 Å². The van der Waals surface area contributed by atoms with Crippen LogP contribution >= 0.6 is 7.82 Å². The van der Waals surface area contributed by atoms with Crippen molar-refractivity contribution < 1.29 is 52.2 Å². The summed E-state index contributed by atoms with van der Waals surface area (Å²) in [5.41, 5.74) is 0. The number of phosphoric acid groups is 1. The van der Waals surface area contributed by atoms with Crippen molar-refractivity contribution in [2.75, 3.05) is 26.4 Å². The van der Waals surface area contributed by atoms with E-state index in [0.717, 1.165) is 122 Å². The molecule has 0 aromatic carbocycles. The van der Waals surface area contributed by atoms with Crippen molar-refractivity contribution in [3.05, 3.63) is 85.1 Å². The van der Waals surface area contributed by atoms with E-state index in [2.05, 4.69) is 106 Å². The highest BCUT2D eigenvalue weighted by Gasteiger charge is 2.28. The average molecular weight is 1090 g/mol. The standard InChI is InChI=1S/C64H111O11P/c1-4-7-10-13-16-19-22-25-27-29-30-32-34-37-40-43-46-49-52-55-64(68)75-61(57-71-62(66)53-50-47-44-41-38-35-24-21-18-15-12-9-6-3)59-73-76(69,70)72-58-60(56-65)74-63(67)54-51-48-45-42-39-36-33-31-28-26-23-20-17-14-11-8-5-2/h8,11,16-17,19-20,25-28,30,32-33,36,60-61,65H,4-7,9-10,12-15,18,21-24,29,31,34-35,37-59H2,1-3H3,(H,69,70)/b11-8-,19-16-,20-17-,27-25-,28-26-,32-30-,36-33-. The van der Waals surface area contributed by atoms with E-state index in [0.29, 0.717) is 19.3 Å². The molecule has 12 heteroatoms. The predicted molar refractivity (Wildman–Crippen MR) is 316 cm³/mol. The number of aliphatic hydroxyl groups is 1. The SMILES string of the molecule is CC/C=C\C/C=C\C/C=C\C/C=C\CCCCCCC(=O)OC(CO)COP(=O)(O)OCC(COC(=O)CCCCCCCCCCCCCCC)OC(=O)CCCCCCCC/C=C\C/C=C\C/C=C\CCCCC. The maximum atomic E-state index is 12.9. The van der Waals surface area contributed by atoms with E-state index >= 15 is 0 Å². The molecule has 0 aromatic heterocycles. The number of allylic oxidation sites excluding steroid dienone is 14. The van der Waals surface area contributed by atoms with Gasteiger partial charge >= 0.3 is 25.7 Å². The third kappa shape index (κ3) is 55.4. The second kappa shape index (κ2) is 57.8. The summed E-state index contributed by atoms with van der Waals surface area (Å²) in [7, 11) is -4.76. The lowest BCUT2D eigenvalue weighted by molar-refractivity contribution is -0.161. The largest absolute Gasteiger partial charge is 0.472 e. The van der Waals surface area contributed by atoms with E-state index in [1.54, 1.807) is 0 Å². The van der Waals surface area contributed by atoms with Gasteiger partial charge in [-0.25, -0.2) is 4.57 Å². The normalized spacial score (nSPS) is 13.9. The highest BCUT2D eigenvalue weighted by atomic mass is 31.2. The Hall–Kier alpha value is -3.34. The zero-order valence-corrected chi connectivity index (χ0v) is 49.3. The summed E-state index contributed by atoms with van der Waals surface area (Å²) in [5, 5.41) is 9.83. The number of carbonyl (C=O) groups is 3. The quantitative estimate of drug-likeness (QED) is 0.0197. The van der Waals surface area contributed by atoms with Gasteiger partial charge in [0, 0.05) is 19.3 Å². The van der Waals surface area contributed by atoms with Crippen LogP contribution in [0, 0.1) is 0 Å². The molecule has 0 spiro atoms. The van der Waals surface area contributed by atoms with Gasteiger partial charge in [0.05, 0.1) is 19.8 Å². The molecule has 0 saturated heterocycles. The van der Waals surface area contributed by atoms with E-state index in [1.165, 1.54) is 83.5 Å². The summed E-state index contributed by atoms with van der Waals surface area (Å²) in [6, 6.07) is 0. The molecule has 0 aliphatic rings. The van der Waals surface area contributed by atoms with Crippen LogP contribution in [0.25, 0.3) is 0 Å². The van der Waals surface area contributed by atoms with Gasteiger partial charge in [-0.3, -0.25) is 23.4 Å². The minimum atomic E-state index is -4.76. The van der Waals surface area contributed by atoms with E-state index in [-0.39, 0.29) is 25.9 Å². The first kappa shape index (κ1) is 72.7. The minimum Gasteiger partial charge on any atom is -0.462 e. The molecule has 0 aliphatic heterocycles. The second-order valence-corrected chi connectivity index (χ2v) is 21.6. The molecule has 11 nitrogen and oxygen atoms in total. The number of carbonyl (C=O) groups excluding carboxylic acids is 3. The molecule has 0 saturated carbocycles. The van der Waals surface area contributed by atoms with Crippen molar-refractivity contribution in [2.24, 2.45) is 0 Å². The maximum Gasteiger partial charge on any atom is 0.472 e. The Morgan fingerprint density at radius 1 is 0.382 bits per heavy atom. The molecule has 0 aromatic rings. The lowest BCUT2D eigenvalue weighted by Gasteiger charge is -2.21. The van der Waals surface area contributed by atoms with Crippen LogP contribution in [0.2, 0.25) is 0 Å². The van der Waals surface area contributed by atoms with E-state index < -0.39 is 57.8 Å². The first-order valence-electron chi connectivity index (χ1n) is 30.5. The Kier molecular flexibility index (Phi) is 55.3. The monoisotopic (exact) mass is 1090 g/mol. The number of unbranched alkanes of at least 4 members (excludes halogenated alkanes) is 25. The van der Waals surface area contributed by atoms with E-state index in [1.807, 2.05) is 0 Å². The zero-order chi connectivity index (χ0) is 55.5. The molecule has 0 radical (unpaired) electrons. The molecule has 0 rings (SSSR count). The van der Waals surface area contributed by atoms with Crippen molar-refractivity contribution in [3.63, 3.8) is 0 Å². The minimum absolute atomic E-state index is 0.146. The van der Waals surface area contributed by atoms with Gasteiger partial charge in [0.1, 0.15) is 12.7 Å². The molecule has 0 amide bonds. The van der Waals surface area contributed by atoms with Crippen LogP contribution in [0.5, 0.6) is 0 Å². The third-order valence-electron chi connectivity index (χ3n) is 12.8. The number of rotatable bonds is 56. The molecule has 0 aliphatic carbocycles. The summed E-state index contributed by atoms with van der Waals surface area (Å²) >= 11 is 0. The van der Waals surface area contributed by atoms with Gasteiger partial charge < -0.3 is 24.2 Å². The average Bonchev–Trinajstić information content (AvgIpc) is 3.41. The molecule has 0 bridgehead atoms.